The van der Waals surface area contributed by atoms with E-state index in [0.717, 1.165) is 30.0 Å². The van der Waals surface area contributed by atoms with Crippen LogP contribution in [-0.4, -0.2) is 25.3 Å². The summed E-state index contributed by atoms with van der Waals surface area (Å²) >= 11 is 0. The van der Waals surface area contributed by atoms with Crippen molar-refractivity contribution < 1.29 is 9.53 Å². The van der Waals surface area contributed by atoms with Crippen molar-refractivity contribution in [1.29, 1.82) is 5.26 Å². The van der Waals surface area contributed by atoms with Crippen LogP contribution in [0.3, 0.4) is 0 Å². The van der Waals surface area contributed by atoms with Crippen LogP contribution in [0.5, 0.6) is 0 Å². The number of rotatable bonds is 6. The number of hydrogen-bond acceptors (Lipinski definition) is 4. The number of hydrogen-bond donors (Lipinski definition) is 1. The quantitative estimate of drug-likeness (QED) is 0.867. The van der Waals surface area contributed by atoms with Gasteiger partial charge in [-0.3, -0.25) is 5.32 Å². The number of ether oxygens (including phenoxy) is 1. The maximum Gasteiger partial charge on any atom is 0.411 e. The molecule has 5 heteroatoms. The van der Waals surface area contributed by atoms with Gasteiger partial charge >= 0.3 is 6.09 Å². The Bertz CT molecular complexity index is 519. The second-order valence-electron chi connectivity index (χ2n) is 4.87. The first kappa shape index (κ1) is 16.8. The summed E-state index contributed by atoms with van der Waals surface area (Å²) in [5, 5.41) is 11.3. The average molecular weight is 289 g/mol. The molecule has 0 aliphatic carbocycles. The monoisotopic (exact) mass is 289 g/mol. The minimum Gasteiger partial charge on any atom is -0.445 e. The molecule has 0 heterocycles. The Balaban J connectivity index is 2.73. The van der Waals surface area contributed by atoms with Gasteiger partial charge < -0.3 is 9.64 Å². The first-order chi connectivity index (χ1) is 10.0. The van der Waals surface area contributed by atoms with Crippen LogP contribution >= 0.6 is 0 Å². The molecule has 1 amide bonds. The molecule has 0 saturated heterocycles. The number of nitrogens with one attached hydrogen (secondary N) is 1. The Labute approximate surface area is 126 Å². The van der Waals surface area contributed by atoms with Gasteiger partial charge in [0, 0.05) is 24.5 Å². The number of nitriles is 1. The van der Waals surface area contributed by atoms with Crippen LogP contribution in [0.15, 0.2) is 18.2 Å². The van der Waals surface area contributed by atoms with Gasteiger partial charge in [-0.2, -0.15) is 5.26 Å². The summed E-state index contributed by atoms with van der Waals surface area (Å²) in [6, 6.07) is 7.87. The number of carbonyl (C=O) groups excluding carboxylic acids is 1. The molecular weight excluding hydrogens is 266 g/mol. The summed E-state index contributed by atoms with van der Waals surface area (Å²) in [5.74, 6) is 0. The van der Waals surface area contributed by atoms with E-state index >= 15 is 0 Å². The summed E-state index contributed by atoms with van der Waals surface area (Å²) in [6.45, 7) is 9.74. The lowest BCUT2D eigenvalue weighted by Gasteiger charge is -2.22. The van der Waals surface area contributed by atoms with E-state index in [1.54, 1.807) is 6.92 Å². The Morgan fingerprint density at radius 1 is 1.43 bits per heavy atom. The highest BCUT2D eigenvalue weighted by Gasteiger charge is 2.11. The SMILES string of the molecule is CCN(CC)c1ccc(NC(=O)OC(C)CC#N)c(C)c1. The van der Waals surface area contributed by atoms with E-state index in [0.29, 0.717) is 0 Å². The molecule has 0 aliphatic rings. The molecule has 0 aliphatic heterocycles. The topological polar surface area (TPSA) is 65.4 Å². The average Bonchev–Trinajstić information content (AvgIpc) is 2.43. The van der Waals surface area contributed by atoms with E-state index in [1.807, 2.05) is 31.2 Å². The number of amides is 1. The van der Waals surface area contributed by atoms with Crippen LogP contribution in [0.25, 0.3) is 0 Å². The van der Waals surface area contributed by atoms with Crippen LogP contribution in [-0.2, 0) is 4.74 Å². The molecule has 1 rings (SSSR count). The highest BCUT2D eigenvalue weighted by atomic mass is 16.6. The fraction of sp³-hybridized carbons (Fsp3) is 0.500. The van der Waals surface area contributed by atoms with Gasteiger partial charge in [0.05, 0.1) is 12.5 Å². The smallest absolute Gasteiger partial charge is 0.411 e. The van der Waals surface area contributed by atoms with Crippen molar-refractivity contribution in [2.75, 3.05) is 23.3 Å². The van der Waals surface area contributed by atoms with Gasteiger partial charge in [-0.15, -0.1) is 0 Å². The molecule has 5 nitrogen and oxygen atoms in total. The lowest BCUT2D eigenvalue weighted by molar-refractivity contribution is 0.123. The molecule has 0 saturated carbocycles. The maximum absolute atomic E-state index is 11.7. The zero-order valence-electron chi connectivity index (χ0n) is 13.1. The molecule has 1 N–H and O–H groups in total. The summed E-state index contributed by atoms with van der Waals surface area (Å²) < 4.78 is 5.09. The maximum atomic E-state index is 11.7. The third-order valence-electron chi connectivity index (χ3n) is 3.26. The second-order valence-corrected chi connectivity index (χ2v) is 4.87. The van der Waals surface area contributed by atoms with Crippen LogP contribution in [0.4, 0.5) is 16.2 Å². The van der Waals surface area contributed by atoms with Gasteiger partial charge in [-0.05, 0) is 51.5 Å². The standard InChI is InChI=1S/C16H23N3O2/c1-5-19(6-2)14-7-8-15(12(3)11-14)18-16(20)21-13(4)9-10-17/h7-8,11,13H,5-6,9H2,1-4H3,(H,18,20). The summed E-state index contributed by atoms with van der Waals surface area (Å²) in [6.07, 6.45) is -0.755. The van der Waals surface area contributed by atoms with Crippen molar-refractivity contribution >= 4 is 17.5 Å². The van der Waals surface area contributed by atoms with E-state index < -0.39 is 12.2 Å². The second kappa shape index (κ2) is 8.15. The molecule has 1 aromatic rings. The lowest BCUT2D eigenvalue weighted by Crippen LogP contribution is -2.22. The van der Waals surface area contributed by atoms with Gasteiger partial charge in [0.2, 0.25) is 0 Å². The normalized spacial score (nSPS) is 11.4. The first-order valence-corrected chi connectivity index (χ1v) is 7.22. The third-order valence-corrected chi connectivity index (χ3v) is 3.26. The third kappa shape index (κ3) is 4.99. The molecule has 0 aromatic heterocycles. The van der Waals surface area contributed by atoms with Gasteiger partial charge in [0.1, 0.15) is 6.10 Å². The minimum absolute atomic E-state index is 0.188. The Kier molecular flexibility index (Phi) is 6.54. The minimum atomic E-state index is -0.531. The lowest BCUT2D eigenvalue weighted by atomic mass is 10.1. The predicted octanol–water partition coefficient (Wildman–Crippen LogP) is 3.69. The molecule has 0 fully saturated rings. The van der Waals surface area contributed by atoms with Crippen LogP contribution < -0.4 is 10.2 Å². The van der Waals surface area contributed by atoms with E-state index in [9.17, 15) is 4.79 Å². The Morgan fingerprint density at radius 2 is 2.10 bits per heavy atom. The largest absolute Gasteiger partial charge is 0.445 e. The summed E-state index contributed by atoms with van der Waals surface area (Å²) in [4.78, 5) is 14.0. The van der Waals surface area contributed by atoms with E-state index in [1.165, 1.54) is 0 Å². The molecule has 0 spiro atoms. The molecular formula is C16H23N3O2. The van der Waals surface area contributed by atoms with Crippen LogP contribution in [0.1, 0.15) is 32.8 Å². The zero-order valence-corrected chi connectivity index (χ0v) is 13.1. The molecule has 1 aromatic carbocycles. The van der Waals surface area contributed by atoms with Crippen molar-refractivity contribution in [3.05, 3.63) is 23.8 Å². The van der Waals surface area contributed by atoms with Gasteiger partial charge in [0.15, 0.2) is 0 Å². The van der Waals surface area contributed by atoms with Crippen LogP contribution in [0, 0.1) is 18.3 Å². The number of anilines is 2. The van der Waals surface area contributed by atoms with E-state index in [-0.39, 0.29) is 6.42 Å². The fourth-order valence-electron chi connectivity index (χ4n) is 2.07. The first-order valence-electron chi connectivity index (χ1n) is 7.22. The zero-order chi connectivity index (χ0) is 15.8. The van der Waals surface area contributed by atoms with Crippen molar-refractivity contribution in [3.8, 4) is 6.07 Å². The fourth-order valence-corrected chi connectivity index (χ4v) is 2.07. The number of nitrogens with zero attached hydrogens (tertiary/aromatic N) is 2. The van der Waals surface area contributed by atoms with Gasteiger partial charge in [-0.1, -0.05) is 0 Å². The highest BCUT2D eigenvalue weighted by Crippen LogP contribution is 2.22. The predicted molar refractivity (Wildman–Crippen MR) is 84.5 cm³/mol. The molecule has 21 heavy (non-hydrogen) atoms. The van der Waals surface area contributed by atoms with E-state index in [4.69, 9.17) is 10.00 Å². The molecule has 1 atom stereocenters. The number of carbonyl (C=O) groups is 1. The van der Waals surface area contributed by atoms with Crippen molar-refractivity contribution in [3.63, 3.8) is 0 Å². The molecule has 1 unspecified atom stereocenters. The van der Waals surface area contributed by atoms with Gasteiger partial charge in [-0.25, -0.2) is 4.79 Å². The molecule has 114 valence electrons. The van der Waals surface area contributed by atoms with Crippen molar-refractivity contribution in [1.82, 2.24) is 0 Å². The summed E-state index contributed by atoms with van der Waals surface area (Å²) in [7, 11) is 0. The number of benzene rings is 1. The summed E-state index contributed by atoms with van der Waals surface area (Å²) in [5.41, 5.74) is 2.83. The molecule has 0 bridgehead atoms. The van der Waals surface area contributed by atoms with Gasteiger partial charge in [0.25, 0.3) is 0 Å². The highest BCUT2D eigenvalue weighted by molar-refractivity contribution is 5.86. The Hall–Kier alpha value is -2.22. The van der Waals surface area contributed by atoms with E-state index in [2.05, 4.69) is 24.1 Å². The van der Waals surface area contributed by atoms with Crippen molar-refractivity contribution in [2.45, 2.75) is 40.2 Å². The van der Waals surface area contributed by atoms with Crippen molar-refractivity contribution in [2.24, 2.45) is 0 Å². The Morgan fingerprint density at radius 3 is 2.62 bits per heavy atom. The molecule has 0 radical (unpaired) electrons. The number of aryl methyl sites for hydroxylation is 1. The van der Waals surface area contributed by atoms with Crippen LogP contribution in [0.2, 0.25) is 0 Å².